The van der Waals surface area contributed by atoms with E-state index >= 15 is 0 Å². The van der Waals surface area contributed by atoms with Crippen LogP contribution in [-0.4, -0.2) is 10.8 Å². The number of aromatic amines is 1. The summed E-state index contributed by atoms with van der Waals surface area (Å²) in [6.45, 7) is 0. The molecule has 0 bridgehead atoms. The van der Waals surface area contributed by atoms with Crippen molar-refractivity contribution in [1.29, 1.82) is 0 Å². The summed E-state index contributed by atoms with van der Waals surface area (Å²) in [5.74, 6) is 0.880. The molecule has 18 heavy (non-hydrogen) atoms. The minimum atomic E-state index is 0.278. The van der Waals surface area contributed by atoms with Gasteiger partial charge in [-0.15, -0.1) is 0 Å². The molecule has 1 aliphatic rings. The smallest absolute Gasteiger partial charge is 0.165 e. The standard InChI is InChI=1S/C15H16BrNO/c16-12-6-3-7-13-15(12)11(9-17-13)14(18)8-10-4-1-2-5-10/h3,6-7,9-10,17H,1-2,4-5,8H2. The first-order chi connectivity index (χ1) is 8.75. The van der Waals surface area contributed by atoms with Crippen molar-refractivity contribution in [2.75, 3.05) is 0 Å². The first-order valence-corrected chi connectivity index (χ1v) is 7.34. The van der Waals surface area contributed by atoms with Gasteiger partial charge in [-0.1, -0.05) is 47.7 Å². The summed E-state index contributed by atoms with van der Waals surface area (Å²) in [5.41, 5.74) is 1.86. The van der Waals surface area contributed by atoms with Crippen LogP contribution in [0.5, 0.6) is 0 Å². The Bertz CT molecular complexity index is 581. The van der Waals surface area contributed by atoms with Crippen molar-refractivity contribution >= 4 is 32.6 Å². The van der Waals surface area contributed by atoms with Gasteiger partial charge in [0, 0.05) is 33.6 Å². The quantitative estimate of drug-likeness (QED) is 0.820. The Morgan fingerprint density at radius 1 is 1.33 bits per heavy atom. The van der Waals surface area contributed by atoms with Gasteiger partial charge in [-0.05, 0) is 18.1 Å². The van der Waals surface area contributed by atoms with Crippen LogP contribution in [-0.2, 0) is 0 Å². The molecular formula is C15H16BrNO. The Kier molecular flexibility index (Phi) is 3.25. The van der Waals surface area contributed by atoms with Crippen molar-refractivity contribution in [1.82, 2.24) is 4.98 Å². The lowest BCUT2D eigenvalue weighted by molar-refractivity contribution is 0.0964. The molecule has 94 valence electrons. The van der Waals surface area contributed by atoms with Crippen molar-refractivity contribution < 1.29 is 4.79 Å². The molecular weight excluding hydrogens is 290 g/mol. The number of Topliss-reactive ketones (excluding diaryl/α,β-unsaturated/α-hetero) is 1. The zero-order valence-electron chi connectivity index (χ0n) is 10.2. The van der Waals surface area contributed by atoms with E-state index in [0.717, 1.165) is 20.9 Å². The minimum Gasteiger partial charge on any atom is -0.360 e. The van der Waals surface area contributed by atoms with Gasteiger partial charge in [0.15, 0.2) is 5.78 Å². The number of hydrogen-bond donors (Lipinski definition) is 1. The molecule has 0 saturated heterocycles. The number of hydrogen-bond acceptors (Lipinski definition) is 1. The highest BCUT2D eigenvalue weighted by atomic mass is 79.9. The number of fused-ring (bicyclic) bond motifs is 1. The van der Waals surface area contributed by atoms with Crippen molar-refractivity contribution in [2.24, 2.45) is 5.92 Å². The number of ketones is 1. The van der Waals surface area contributed by atoms with Crippen LogP contribution in [0.4, 0.5) is 0 Å². The van der Waals surface area contributed by atoms with Crippen molar-refractivity contribution in [2.45, 2.75) is 32.1 Å². The number of rotatable bonds is 3. The van der Waals surface area contributed by atoms with Crippen molar-refractivity contribution in [3.63, 3.8) is 0 Å². The van der Waals surface area contributed by atoms with E-state index in [4.69, 9.17) is 0 Å². The average Bonchev–Trinajstić information content (AvgIpc) is 2.97. The molecule has 0 radical (unpaired) electrons. The maximum absolute atomic E-state index is 12.4. The van der Waals surface area contributed by atoms with Gasteiger partial charge in [0.2, 0.25) is 0 Å². The van der Waals surface area contributed by atoms with Crippen LogP contribution in [0.2, 0.25) is 0 Å². The number of halogens is 1. The van der Waals surface area contributed by atoms with Gasteiger partial charge >= 0.3 is 0 Å². The molecule has 0 aliphatic heterocycles. The van der Waals surface area contributed by atoms with Crippen LogP contribution in [0.3, 0.4) is 0 Å². The lowest BCUT2D eigenvalue weighted by Gasteiger charge is -2.07. The van der Waals surface area contributed by atoms with Crippen LogP contribution in [0.1, 0.15) is 42.5 Å². The second kappa shape index (κ2) is 4.88. The van der Waals surface area contributed by atoms with Gasteiger partial charge in [0.25, 0.3) is 0 Å². The molecule has 1 heterocycles. The van der Waals surface area contributed by atoms with Crippen molar-refractivity contribution in [3.8, 4) is 0 Å². The highest BCUT2D eigenvalue weighted by Crippen LogP contribution is 2.32. The van der Waals surface area contributed by atoms with Gasteiger partial charge in [-0.2, -0.15) is 0 Å². The minimum absolute atomic E-state index is 0.278. The van der Waals surface area contributed by atoms with E-state index in [9.17, 15) is 4.79 Å². The summed E-state index contributed by atoms with van der Waals surface area (Å²) >= 11 is 3.54. The van der Waals surface area contributed by atoms with E-state index in [1.54, 1.807) is 0 Å². The molecule has 1 aromatic carbocycles. The van der Waals surface area contributed by atoms with Gasteiger partial charge in [-0.25, -0.2) is 0 Å². The maximum atomic E-state index is 12.4. The molecule has 1 fully saturated rings. The van der Waals surface area contributed by atoms with E-state index < -0.39 is 0 Å². The Morgan fingerprint density at radius 2 is 2.11 bits per heavy atom. The number of H-pyrrole nitrogens is 1. The molecule has 3 rings (SSSR count). The summed E-state index contributed by atoms with van der Waals surface area (Å²) in [6.07, 6.45) is 7.57. The van der Waals surface area contributed by atoms with Gasteiger partial charge < -0.3 is 4.98 Å². The number of carbonyl (C=O) groups excluding carboxylic acids is 1. The van der Waals surface area contributed by atoms with Crippen molar-refractivity contribution in [3.05, 3.63) is 34.4 Å². The van der Waals surface area contributed by atoms with Crippen LogP contribution < -0.4 is 0 Å². The van der Waals surface area contributed by atoms with E-state index in [1.807, 2.05) is 24.4 Å². The predicted octanol–water partition coefficient (Wildman–Crippen LogP) is 4.69. The van der Waals surface area contributed by atoms with E-state index in [-0.39, 0.29) is 5.78 Å². The second-order valence-electron chi connectivity index (χ2n) is 5.14. The molecule has 2 nitrogen and oxygen atoms in total. The largest absolute Gasteiger partial charge is 0.360 e. The highest BCUT2D eigenvalue weighted by molar-refractivity contribution is 9.10. The molecule has 0 atom stereocenters. The Labute approximate surface area is 115 Å². The van der Waals surface area contributed by atoms with E-state index in [0.29, 0.717) is 12.3 Å². The second-order valence-corrected chi connectivity index (χ2v) is 6.00. The predicted molar refractivity (Wildman–Crippen MR) is 76.9 cm³/mol. The number of carbonyl (C=O) groups is 1. The fraction of sp³-hybridized carbons (Fsp3) is 0.400. The first-order valence-electron chi connectivity index (χ1n) is 6.54. The summed E-state index contributed by atoms with van der Waals surface area (Å²) in [6, 6.07) is 5.98. The zero-order chi connectivity index (χ0) is 12.5. The summed E-state index contributed by atoms with van der Waals surface area (Å²) < 4.78 is 0.996. The SMILES string of the molecule is O=C(CC1CCCC1)c1c[nH]c2cccc(Br)c12. The topological polar surface area (TPSA) is 32.9 Å². The third-order valence-electron chi connectivity index (χ3n) is 3.90. The zero-order valence-corrected chi connectivity index (χ0v) is 11.8. The van der Waals surface area contributed by atoms with Gasteiger partial charge in [-0.3, -0.25) is 4.79 Å². The maximum Gasteiger partial charge on any atom is 0.165 e. The van der Waals surface area contributed by atoms with E-state index in [2.05, 4.69) is 20.9 Å². The summed E-state index contributed by atoms with van der Waals surface area (Å²) in [7, 11) is 0. The van der Waals surface area contributed by atoms with E-state index in [1.165, 1.54) is 25.7 Å². The summed E-state index contributed by atoms with van der Waals surface area (Å²) in [5, 5.41) is 1.03. The van der Waals surface area contributed by atoms with Gasteiger partial charge in [0.1, 0.15) is 0 Å². The molecule has 1 aromatic heterocycles. The normalized spacial score (nSPS) is 16.5. The Hall–Kier alpha value is -1.09. The van der Waals surface area contributed by atoms with Crippen LogP contribution in [0.15, 0.2) is 28.9 Å². The van der Waals surface area contributed by atoms with Crippen LogP contribution in [0, 0.1) is 5.92 Å². The first kappa shape index (κ1) is 12.0. The van der Waals surface area contributed by atoms with Crippen LogP contribution >= 0.6 is 15.9 Å². The number of nitrogens with one attached hydrogen (secondary N) is 1. The third kappa shape index (κ3) is 2.12. The fourth-order valence-electron chi connectivity index (χ4n) is 2.95. The fourth-order valence-corrected chi connectivity index (χ4v) is 3.53. The molecule has 0 spiro atoms. The lowest BCUT2D eigenvalue weighted by atomic mass is 9.97. The number of aromatic nitrogens is 1. The lowest BCUT2D eigenvalue weighted by Crippen LogP contribution is -2.05. The molecule has 0 amide bonds. The average molecular weight is 306 g/mol. The molecule has 2 aromatic rings. The van der Waals surface area contributed by atoms with Crippen LogP contribution in [0.25, 0.3) is 10.9 Å². The Morgan fingerprint density at radius 3 is 2.89 bits per heavy atom. The highest BCUT2D eigenvalue weighted by Gasteiger charge is 2.21. The van der Waals surface area contributed by atoms with Gasteiger partial charge in [0.05, 0.1) is 0 Å². The molecule has 1 N–H and O–H groups in total. The number of benzene rings is 1. The molecule has 1 saturated carbocycles. The molecule has 0 unspecified atom stereocenters. The molecule has 1 aliphatic carbocycles. The third-order valence-corrected chi connectivity index (χ3v) is 4.57. The summed E-state index contributed by atoms with van der Waals surface area (Å²) in [4.78, 5) is 15.6. The monoisotopic (exact) mass is 305 g/mol. The molecule has 3 heteroatoms. The Balaban J connectivity index is 1.91.